The molecule has 0 fully saturated rings. The summed E-state index contributed by atoms with van der Waals surface area (Å²) in [4.78, 5) is 22.0. The summed E-state index contributed by atoms with van der Waals surface area (Å²) < 4.78 is 19.8. The first-order valence-corrected chi connectivity index (χ1v) is 10.1. The van der Waals surface area contributed by atoms with E-state index in [1.54, 1.807) is 26.5 Å². The maximum absolute atomic E-state index is 13.1. The lowest BCUT2D eigenvalue weighted by atomic mass is 10.0. The Morgan fingerprint density at radius 1 is 1.25 bits per heavy atom. The summed E-state index contributed by atoms with van der Waals surface area (Å²) in [5.41, 5.74) is 3.38. The van der Waals surface area contributed by atoms with Crippen molar-refractivity contribution in [2.24, 2.45) is 18.5 Å². The van der Waals surface area contributed by atoms with E-state index in [-0.39, 0.29) is 5.56 Å². The van der Waals surface area contributed by atoms with Crippen LogP contribution >= 0.6 is 0 Å². The molecule has 8 heteroatoms. The number of aromatic nitrogens is 4. The van der Waals surface area contributed by atoms with Crippen molar-refractivity contribution in [2.45, 2.75) is 39.4 Å². The highest BCUT2D eigenvalue weighted by Crippen LogP contribution is 2.24. The van der Waals surface area contributed by atoms with Crippen molar-refractivity contribution in [3.8, 4) is 11.5 Å². The van der Waals surface area contributed by atoms with Crippen LogP contribution in [0.4, 0.5) is 0 Å². The molecule has 0 aliphatic rings. The normalized spacial score (nSPS) is 13.9. The van der Waals surface area contributed by atoms with Crippen molar-refractivity contribution in [1.82, 2.24) is 19.1 Å². The highest BCUT2D eigenvalue weighted by Gasteiger charge is 2.27. The van der Waals surface area contributed by atoms with Crippen LogP contribution in [-0.2, 0) is 25.5 Å². The number of hydrogen-bond acceptors (Lipinski definition) is 5. The smallest absolute Gasteiger partial charge is 0.261 e. The summed E-state index contributed by atoms with van der Waals surface area (Å²) in [5.74, 6) is 0.521. The molecule has 2 heterocycles. The molecule has 0 N–H and O–H groups in total. The first-order chi connectivity index (χ1) is 13.0. The fraction of sp³-hybridized carbons (Fsp3) is 0.400. The maximum Gasteiger partial charge on any atom is 0.261 e. The molecule has 0 bridgehead atoms. The van der Waals surface area contributed by atoms with Crippen LogP contribution in [0.5, 0.6) is 0 Å². The van der Waals surface area contributed by atoms with Crippen LogP contribution in [-0.4, -0.2) is 34.1 Å². The molecule has 0 radical (unpaired) electrons. The van der Waals surface area contributed by atoms with Crippen LogP contribution in [0, 0.1) is 6.92 Å². The molecule has 0 saturated heterocycles. The Hall–Kier alpha value is -2.45. The Bertz CT molecular complexity index is 1140. The van der Waals surface area contributed by atoms with E-state index in [4.69, 9.17) is 4.98 Å². The van der Waals surface area contributed by atoms with E-state index in [1.165, 1.54) is 4.57 Å². The number of hydrogen-bond donors (Lipinski definition) is 0. The summed E-state index contributed by atoms with van der Waals surface area (Å²) in [5, 5.41) is 0.513. The van der Waals surface area contributed by atoms with Gasteiger partial charge in [-0.1, -0.05) is 4.40 Å². The van der Waals surface area contributed by atoms with Crippen LogP contribution < -0.4 is 5.56 Å². The Morgan fingerprint density at radius 3 is 2.50 bits per heavy atom. The Kier molecular flexibility index (Phi) is 5.20. The van der Waals surface area contributed by atoms with E-state index in [0.717, 1.165) is 11.3 Å². The molecule has 0 aliphatic heterocycles. The lowest BCUT2D eigenvalue weighted by Crippen LogP contribution is -2.27. The lowest BCUT2D eigenvalue weighted by molar-refractivity contribution is 0.561. The van der Waals surface area contributed by atoms with Crippen molar-refractivity contribution in [3.63, 3.8) is 0 Å². The molecular formula is C20H25N5O2S. The summed E-state index contributed by atoms with van der Waals surface area (Å²) in [6.45, 7) is 9.36. The first-order valence-electron chi connectivity index (χ1n) is 8.96. The number of fused-ring (bicyclic) bond motifs is 1. The molecule has 28 heavy (non-hydrogen) atoms. The predicted octanol–water partition coefficient (Wildman–Crippen LogP) is 2.91. The fourth-order valence-electron chi connectivity index (χ4n) is 2.91. The lowest BCUT2D eigenvalue weighted by Gasteiger charge is -2.19. The number of aryl methyl sites for hydroxylation is 2. The van der Waals surface area contributed by atoms with Gasteiger partial charge in [0, 0.05) is 19.7 Å². The SMILES string of the molecule is CC(=N[S+]([O-])C(C)(C)C)c1cc(C)cc2c(=O)n(C)c(-c3cncn3C)nc12. The fourth-order valence-corrected chi connectivity index (χ4v) is 3.53. The zero-order chi connectivity index (χ0) is 20.8. The third-order valence-electron chi connectivity index (χ3n) is 4.50. The molecular weight excluding hydrogens is 374 g/mol. The topological polar surface area (TPSA) is 88.1 Å². The predicted molar refractivity (Wildman–Crippen MR) is 114 cm³/mol. The number of nitrogens with zero attached hydrogens (tertiary/aromatic N) is 5. The first kappa shape index (κ1) is 20.3. The molecule has 1 aromatic carbocycles. The van der Waals surface area contributed by atoms with Gasteiger partial charge in [0.05, 0.1) is 29.1 Å². The van der Waals surface area contributed by atoms with Gasteiger partial charge in [-0.2, -0.15) is 0 Å². The largest absolute Gasteiger partial charge is 0.591 e. The van der Waals surface area contributed by atoms with Gasteiger partial charge in [0.25, 0.3) is 5.56 Å². The maximum atomic E-state index is 13.1. The second-order valence-electron chi connectivity index (χ2n) is 7.94. The van der Waals surface area contributed by atoms with Gasteiger partial charge in [-0.05, 0) is 52.3 Å². The van der Waals surface area contributed by atoms with Gasteiger partial charge in [0.15, 0.2) is 5.82 Å². The third-order valence-corrected chi connectivity index (χ3v) is 5.99. The zero-order valence-electron chi connectivity index (χ0n) is 17.3. The summed E-state index contributed by atoms with van der Waals surface area (Å²) in [7, 11) is 3.56. The molecule has 0 amide bonds. The van der Waals surface area contributed by atoms with Gasteiger partial charge >= 0.3 is 0 Å². The summed E-state index contributed by atoms with van der Waals surface area (Å²) >= 11 is -1.40. The van der Waals surface area contributed by atoms with Crippen LogP contribution in [0.15, 0.2) is 33.8 Å². The minimum Gasteiger partial charge on any atom is -0.591 e. The van der Waals surface area contributed by atoms with E-state index in [1.807, 2.05) is 51.4 Å². The van der Waals surface area contributed by atoms with Crippen LogP contribution in [0.1, 0.15) is 38.8 Å². The van der Waals surface area contributed by atoms with E-state index in [9.17, 15) is 9.35 Å². The number of imidazole rings is 1. The molecule has 148 valence electrons. The van der Waals surface area contributed by atoms with Crippen molar-refractivity contribution in [3.05, 3.63) is 46.1 Å². The summed E-state index contributed by atoms with van der Waals surface area (Å²) in [6.07, 6.45) is 3.35. The standard InChI is InChI=1S/C20H25N5O2S/c1-12-8-14(13(2)23-28(27)20(3,4)5)17-15(9-12)19(26)25(7)18(22-17)16-10-21-11-24(16)6/h8-11H,1-7H3. The average Bonchev–Trinajstić information content (AvgIpc) is 3.02. The van der Waals surface area contributed by atoms with Gasteiger partial charge in [-0.15, -0.1) is 0 Å². The minimum absolute atomic E-state index is 0.143. The van der Waals surface area contributed by atoms with Gasteiger partial charge in [-0.3, -0.25) is 9.36 Å². The molecule has 3 rings (SSSR count). The van der Waals surface area contributed by atoms with Crippen molar-refractivity contribution in [1.29, 1.82) is 0 Å². The average molecular weight is 400 g/mol. The van der Waals surface area contributed by atoms with Gasteiger partial charge in [0.1, 0.15) is 21.8 Å². The molecule has 2 aromatic heterocycles. The Morgan fingerprint density at radius 2 is 1.93 bits per heavy atom. The van der Waals surface area contributed by atoms with Gasteiger partial charge in [-0.25, -0.2) is 9.97 Å². The molecule has 0 spiro atoms. The van der Waals surface area contributed by atoms with E-state index in [2.05, 4.69) is 9.38 Å². The Balaban J connectivity index is 2.33. The van der Waals surface area contributed by atoms with Crippen molar-refractivity contribution in [2.75, 3.05) is 0 Å². The van der Waals surface area contributed by atoms with Gasteiger partial charge in [0.2, 0.25) is 0 Å². The van der Waals surface area contributed by atoms with E-state index >= 15 is 0 Å². The minimum atomic E-state index is -1.40. The Labute approximate surface area is 167 Å². The second kappa shape index (κ2) is 7.18. The highest BCUT2D eigenvalue weighted by molar-refractivity contribution is 7.91. The highest BCUT2D eigenvalue weighted by atomic mass is 32.2. The summed E-state index contributed by atoms with van der Waals surface area (Å²) in [6, 6.07) is 3.76. The molecule has 1 unspecified atom stereocenters. The van der Waals surface area contributed by atoms with Crippen LogP contribution in [0.2, 0.25) is 0 Å². The van der Waals surface area contributed by atoms with Crippen molar-refractivity contribution < 1.29 is 4.55 Å². The quantitative estimate of drug-likeness (QED) is 0.500. The second-order valence-corrected chi connectivity index (χ2v) is 9.84. The number of benzene rings is 1. The monoisotopic (exact) mass is 399 g/mol. The zero-order valence-corrected chi connectivity index (χ0v) is 18.1. The van der Waals surface area contributed by atoms with Gasteiger partial charge < -0.3 is 9.12 Å². The van der Waals surface area contributed by atoms with Crippen molar-refractivity contribution >= 4 is 28.0 Å². The molecule has 3 aromatic rings. The third kappa shape index (κ3) is 3.62. The van der Waals surface area contributed by atoms with E-state index < -0.39 is 16.1 Å². The molecule has 1 atom stereocenters. The van der Waals surface area contributed by atoms with Crippen LogP contribution in [0.25, 0.3) is 22.4 Å². The molecule has 0 saturated carbocycles. The van der Waals surface area contributed by atoms with E-state index in [0.29, 0.717) is 28.0 Å². The molecule has 7 nitrogen and oxygen atoms in total. The van der Waals surface area contributed by atoms with Crippen LogP contribution in [0.3, 0.4) is 0 Å². The molecule has 0 aliphatic carbocycles. The number of rotatable bonds is 3.